The molecule has 2 aromatic heterocycles. The molecule has 3 heterocycles. The third kappa shape index (κ3) is 1.97. The van der Waals surface area contributed by atoms with Gasteiger partial charge in [-0.2, -0.15) is 0 Å². The topological polar surface area (TPSA) is 63.9 Å². The summed E-state index contributed by atoms with van der Waals surface area (Å²) in [7, 11) is 0. The molecule has 0 N–H and O–H groups in total. The number of pyridine rings is 1. The predicted molar refractivity (Wildman–Crippen MR) is 73.7 cm³/mol. The number of hydrogen-bond donors (Lipinski definition) is 0. The van der Waals surface area contributed by atoms with Crippen LogP contribution < -0.4 is 0 Å². The summed E-state index contributed by atoms with van der Waals surface area (Å²) in [5, 5.41) is 8.45. The summed E-state index contributed by atoms with van der Waals surface area (Å²) >= 11 is 0. The number of fused-ring (bicyclic) bond motifs is 1. The highest BCUT2D eigenvalue weighted by atomic mass is 16.2. The molecule has 0 unspecified atom stereocenters. The SMILES string of the molecule is CCCN1Cc2nnc(-c3ccccn3)n2[C@@H](C)C1=O. The van der Waals surface area contributed by atoms with Crippen molar-refractivity contribution in [2.45, 2.75) is 32.9 Å². The number of amides is 1. The number of carbonyl (C=O) groups is 1. The minimum atomic E-state index is -0.280. The van der Waals surface area contributed by atoms with Crippen LogP contribution in [-0.4, -0.2) is 37.1 Å². The van der Waals surface area contributed by atoms with E-state index in [1.165, 1.54) is 0 Å². The van der Waals surface area contributed by atoms with E-state index >= 15 is 0 Å². The first-order valence-corrected chi connectivity index (χ1v) is 6.86. The van der Waals surface area contributed by atoms with E-state index in [4.69, 9.17) is 0 Å². The Morgan fingerprint density at radius 2 is 2.20 bits per heavy atom. The molecule has 1 atom stereocenters. The molecular weight excluding hydrogens is 254 g/mol. The van der Waals surface area contributed by atoms with E-state index in [2.05, 4.69) is 22.1 Å². The minimum absolute atomic E-state index is 0.122. The smallest absolute Gasteiger partial charge is 0.245 e. The van der Waals surface area contributed by atoms with Crippen LogP contribution in [0.2, 0.25) is 0 Å². The van der Waals surface area contributed by atoms with Crippen molar-refractivity contribution in [3.05, 3.63) is 30.2 Å². The molecule has 0 spiro atoms. The van der Waals surface area contributed by atoms with Crippen molar-refractivity contribution in [3.63, 3.8) is 0 Å². The summed E-state index contributed by atoms with van der Waals surface area (Å²) in [4.78, 5) is 18.5. The first-order chi connectivity index (χ1) is 9.72. The van der Waals surface area contributed by atoms with Gasteiger partial charge in [-0.1, -0.05) is 13.0 Å². The Balaban J connectivity index is 2.03. The molecule has 0 aromatic carbocycles. The lowest BCUT2D eigenvalue weighted by atomic mass is 10.2. The molecule has 104 valence electrons. The summed E-state index contributed by atoms with van der Waals surface area (Å²) in [5.74, 6) is 1.61. The zero-order chi connectivity index (χ0) is 14.1. The van der Waals surface area contributed by atoms with Crippen LogP contribution in [0.15, 0.2) is 24.4 Å². The first-order valence-electron chi connectivity index (χ1n) is 6.86. The van der Waals surface area contributed by atoms with Crippen LogP contribution in [0.25, 0.3) is 11.5 Å². The number of carbonyl (C=O) groups excluding carboxylic acids is 1. The number of hydrogen-bond acceptors (Lipinski definition) is 4. The van der Waals surface area contributed by atoms with E-state index in [1.807, 2.05) is 34.6 Å². The van der Waals surface area contributed by atoms with Crippen LogP contribution in [0, 0.1) is 0 Å². The average Bonchev–Trinajstić information content (AvgIpc) is 2.89. The zero-order valence-electron chi connectivity index (χ0n) is 11.7. The van der Waals surface area contributed by atoms with Crippen molar-refractivity contribution in [2.75, 3.05) is 6.54 Å². The highest BCUT2D eigenvalue weighted by molar-refractivity contribution is 5.81. The Hall–Kier alpha value is -2.24. The van der Waals surface area contributed by atoms with Crippen LogP contribution in [0.4, 0.5) is 0 Å². The fourth-order valence-corrected chi connectivity index (χ4v) is 2.59. The van der Waals surface area contributed by atoms with Gasteiger partial charge < -0.3 is 4.90 Å². The fourth-order valence-electron chi connectivity index (χ4n) is 2.59. The molecule has 2 aromatic rings. The number of rotatable bonds is 3. The van der Waals surface area contributed by atoms with Crippen LogP contribution in [0.5, 0.6) is 0 Å². The van der Waals surface area contributed by atoms with E-state index in [1.54, 1.807) is 6.20 Å². The second kappa shape index (κ2) is 5.03. The second-order valence-corrected chi connectivity index (χ2v) is 4.96. The van der Waals surface area contributed by atoms with Crippen molar-refractivity contribution >= 4 is 5.91 Å². The van der Waals surface area contributed by atoms with Gasteiger partial charge >= 0.3 is 0 Å². The molecule has 1 amide bonds. The molecule has 0 radical (unpaired) electrons. The van der Waals surface area contributed by atoms with Crippen LogP contribution in [-0.2, 0) is 11.3 Å². The monoisotopic (exact) mass is 271 g/mol. The van der Waals surface area contributed by atoms with Crippen molar-refractivity contribution in [3.8, 4) is 11.5 Å². The lowest BCUT2D eigenvalue weighted by molar-refractivity contribution is -0.136. The Morgan fingerprint density at radius 3 is 2.90 bits per heavy atom. The Kier molecular flexibility index (Phi) is 3.22. The Labute approximate surface area is 117 Å². The van der Waals surface area contributed by atoms with Gasteiger partial charge in [0, 0.05) is 12.7 Å². The Bertz CT molecular complexity index is 622. The number of aromatic nitrogens is 4. The van der Waals surface area contributed by atoms with Gasteiger partial charge in [0.15, 0.2) is 11.6 Å². The average molecular weight is 271 g/mol. The third-order valence-corrected chi connectivity index (χ3v) is 3.54. The molecular formula is C14H17N5O. The van der Waals surface area contributed by atoms with Crippen LogP contribution >= 0.6 is 0 Å². The highest BCUT2D eigenvalue weighted by Gasteiger charge is 2.33. The van der Waals surface area contributed by atoms with Gasteiger partial charge in [-0.25, -0.2) is 0 Å². The van der Waals surface area contributed by atoms with Crippen LogP contribution in [0.1, 0.15) is 32.1 Å². The molecule has 0 saturated heterocycles. The second-order valence-electron chi connectivity index (χ2n) is 4.96. The van der Waals surface area contributed by atoms with Crippen molar-refractivity contribution < 1.29 is 4.79 Å². The van der Waals surface area contributed by atoms with E-state index in [0.717, 1.165) is 24.5 Å². The molecule has 0 aliphatic carbocycles. The van der Waals surface area contributed by atoms with Crippen LogP contribution in [0.3, 0.4) is 0 Å². The molecule has 6 nitrogen and oxygen atoms in total. The van der Waals surface area contributed by atoms with Crippen molar-refractivity contribution in [1.29, 1.82) is 0 Å². The molecule has 0 fully saturated rings. The highest BCUT2D eigenvalue weighted by Crippen LogP contribution is 2.27. The molecule has 1 aliphatic heterocycles. The number of nitrogens with zero attached hydrogens (tertiary/aromatic N) is 5. The molecule has 0 saturated carbocycles. The summed E-state index contributed by atoms with van der Waals surface area (Å²) in [6.07, 6.45) is 2.66. The summed E-state index contributed by atoms with van der Waals surface area (Å²) in [6, 6.07) is 5.36. The Morgan fingerprint density at radius 1 is 1.35 bits per heavy atom. The normalized spacial score (nSPS) is 18.2. The maximum absolute atomic E-state index is 12.4. The zero-order valence-corrected chi connectivity index (χ0v) is 11.7. The van der Waals surface area contributed by atoms with Crippen molar-refractivity contribution in [1.82, 2.24) is 24.6 Å². The van der Waals surface area contributed by atoms with Crippen molar-refractivity contribution in [2.24, 2.45) is 0 Å². The van der Waals surface area contributed by atoms with Gasteiger partial charge in [0.2, 0.25) is 5.91 Å². The van der Waals surface area contributed by atoms with Gasteiger partial charge in [0.1, 0.15) is 11.7 Å². The van der Waals surface area contributed by atoms with Gasteiger partial charge in [-0.3, -0.25) is 14.3 Å². The van der Waals surface area contributed by atoms with E-state index in [0.29, 0.717) is 12.4 Å². The molecule has 20 heavy (non-hydrogen) atoms. The maximum atomic E-state index is 12.4. The van der Waals surface area contributed by atoms with E-state index in [9.17, 15) is 4.79 Å². The van der Waals surface area contributed by atoms with Gasteiger partial charge in [0.05, 0.1) is 6.54 Å². The first kappa shape index (κ1) is 12.8. The van der Waals surface area contributed by atoms with E-state index < -0.39 is 0 Å². The summed E-state index contributed by atoms with van der Waals surface area (Å²) in [5.41, 5.74) is 0.745. The maximum Gasteiger partial charge on any atom is 0.245 e. The lowest BCUT2D eigenvalue weighted by Gasteiger charge is -2.31. The molecule has 6 heteroatoms. The summed E-state index contributed by atoms with van der Waals surface area (Å²) in [6.45, 7) is 5.24. The van der Waals surface area contributed by atoms with Gasteiger partial charge in [-0.05, 0) is 25.5 Å². The van der Waals surface area contributed by atoms with Gasteiger partial charge in [-0.15, -0.1) is 10.2 Å². The minimum Gasteiger partial charge on any atom is -0.333 e. The largest absolute Gasteiger partial charge is 0.333 e. The predicted octanol–water partition coefficient (Wildman–Crippen LogP) is 1.65. The standard InChI is InChI=1S/C14H17N5O/c1-3-8-18-9-12-16-17-13(11-6-4-5-7-15-11)19(12)10(2)14(18)20/h4-7,10H,3,8-9H2,1-2H3/t10-/m0/s1. The van der Waals surface area contributed by atoms with Gasteiger partial charge in [0.25, 0.3) is 0 Å². The van der Waals surface area contributed by atoms with E-state index in [-0.39, 0.29) is 11.9 Å². The fraction of sp³-hybridized carbons (Fsp3) is 0.429. The third-order valence-electron chi connectivity index (χ3n) is 3.54. The molecule has 0 bridgehead atoms. The molecule has 3 rings (SSSR count). The summed E-state index contributed by atoms with van der Waals surface area (Å²) < 4.78 is 1.90. The lowest BCUT2D eigenvalue weighted by Crippen LogP contribution is -2.42. The molecule has 1 aliphatic rings. The quantitative estimate of drug-likeness (QED) is 0.851.